The van der Waals surface area contributed by atoms with Crippen LogP contribution in [-0.2, 0) is 4.79 Å². The van der Waals surface area contributed by atoms with Gasteiger partial charge in [0.1, 0.15) is 5.76 Å². The highest BCUT2D eigenvalue weighted by atomic mass is 32.2. The summed E-state index contributed by atoms with van der Waals surface area (Å²) < 4.78 is 7.40. The molecule has 0 bridgehead atoms. The third-order valence-electron chi connectivity index (χ3n) is 6.08. The van der Waals surface area contributed by atoms with Crippen LogP contribution in [0.1, 0.15) is 71.9 Å². The number of amides is 3. The Hall–Kier alpha value is -3.76. The number of rotatable bonds is 11. The molecule has 0 saturated carbocycles. The maximum absolute atomic E-state index is 12.8. The Morgan fingerprint density at radius 3 is 2.58 bits per heavy atom. The summed E-state index contributed by atoms with van der Waals surface area (Å²) in [6.07, 6.45) is 7.40. The lowest BCUT2D eigenvalue weighted by Crippen LogP contribution is -2.29. The molecule has 194 valence electrons. The van der Waals surface area contributed by atoms with E-state index in [2.05, 4.69) is 22.4 Å². The van der Waals surface area contributed by atoms with Crippen LogP contribution in [-0.4, -0.2) is 28.9 Å². The van der Waals surface area contributed by atoms with Gasteiger partial charge in [0.15, 0.2) is 9.43 Å². The molecule has 1 aliphatic heterocycles. The average Bonchev–Trinajstić information content (AvgIpc) is 3.60. The number of benzene rings is 2. The number of nitrogens with zero attached hydrogens (tertiary/aromatic N) is 3. The van der Waals surface area contributed by atoms with E-state index >= 15 is 0 Å². The van der Waals surface area contributed by atoms with E-state index in [1.54, 1.807) is 36.4 Å². The monoisotopic (exact) mass is 546 g/mol. The standard InChI is InChI=1S/C28H26N4O4S2/c1-2-3-4-5-6-11-24(33)31-29-17-19-13-15-25(36-19)38-28-30-22-14-12-18(16-23(22)37-28)32-26(34)20-9-7-8-10-21(20)27(32)35/h7-10,12-17H,2-6,11H2,1H3,(H,31,33)/b29-17-. The van der Waals surface area contributed by atoms with Crippen LogP contribution >= 0.6 is 23.1 Å². The van der Waals surface area contributed by atoms with Crippen LogP contribution in [0.4, 0.5) is 5.69 Å². The van der Waals surface area contributed by atoms with Crippen LogP contribution in [0, 0.1) is 0 Å². The summed E-state index contributed by atoms with van der Waals surface area (Å²) in [6.45, 7) is 2.16. The summed E-state index contributed by atoms with van der Waals surface area (Å²) in [5.41, 5.74) is 4.65. The fourth-order valence-corrected chi connectivity index (χ4v) is 6.16. The predicted octanol–water partition coefficient (Wildman–Crippen LogP) is 6.65. The van der Waals surface area contributed by atoms with Gasteiger partial charge in [0.05, 0.1) is 33.2 Å². The van der Waals surface area contributed by atoms with Gasteiger partial charge >= 0.3 is 0 Å². The second-order valence-corrected chi connectivity index (χ2v) is 11.1. The molecule has 38 heavy (non-hydrogen) atoms. The fraction of sp³-hybridized carbons (Fsp3) is 0.250. The molecular weight excluding hydrogens is 520 g/mol. The van der Waals surface area contributed by atoms with E-state index in [4.69, 9.17) is 4.42 Å². The molecule has 8 nitrogen and oxygen atoms in total. The van der Waals surface area contributed by atoms with Crippen LogP contribution in [0.15, 0.2) is 73.5 Å². The fourth-order valence-electron chi connectivity index (χ4n) is 4.16. The van der Waals surface area contributed by atoms with E-state index < -0.39 is 0 Å². The number of hydrogen-bond donors (Lipinski definition) is 1. The molecule has 1 aliphatic rings. The molecule has 0 aliphatic carbocycles. The molecule has 0 spiro atoms. The highest BCUT2D eigenvalue weighted by Crippen LogP contribution is 2.37. The molecule has 0 radical (unpaired) electrons. The van der Waals surface area contributed by atoms with Crippen LogP contribution in [0.2, 0.25) is 0 Å². The van der Waals surface area contributed by atoms with Crippen molar-refractivity contribution in [2.24, 2.45) is 5.10 Å². The third-order valence-corrected chi connectivity index (χ3v) is 8.08. The number of imide groups is 1. The molecule has 5 rings (SSSR count). The lowest BCUT2D eigenvalue weighted by molar-refractivity contribution is -0.121. The number of anilines is 1. The summed E-state index contributed by atoms with van der Waals surface area (Å²) in [5, 5.41) is 4.62. The number of furan rings is 1. The SMILES string of the molecule is CCCCCCCC(=O)N/N=C\c1ccc(Sc2nc3ccc(N4C(=O)c5ccccc5C4=O)cc3s2)o1. The molecule has 0 atom stereocenters. The first-order chi connectivity index (χ1) is 18.5. The van der Waals surface area contributed by atoms with E-state index in [1.165, 1.54) is 47.1 Å². The topological polar surface area (TPSA) is 105 Å². The Kier molecular flexibility index (Phi) is 8.00. The Labute approximate surface area is 228 Å². The van der Waals surface area contributed by atoms with Gasteiger partial charge in [-0.25, -0.2) is 15.3 Å². The lowest BCUT2D eigenvalue weighted by Gasteiger charge is -2.13. The maximum Gasteiger partial charge on any atom is 0.266 e. The predicted molar refractivity (Wildman–Crippen MR) is 149 cm³/mol. The van der Waals surface area contributed by atoms with E-state index in [0.717, 1.165) is 33.8 Å². The lowest BCUT2D eigenvalue weighted by atomic mass is 10.1. The minimum absolute atomic E-state index is 0.103. The van der Waals surface area contributed by atoms with Gasteiger partial charge in [0, 0.05) is 6.42 Å². The number of carbonyl (C=O) groups is 3. The van der Waals surface area contributed by atoms with Crippen molar-refractivity contribution in [2.75, 3.05) is 4.90 Å². The van der Waals surface area contributed by atoms with Crippen molar-refractivity contribution >= 4 is 62.9 Å². The zero-order chi connectivity index (χ0) is 26.5. The quantitative estimate of drug-likeness (QED) is 0.0977. The number of carbonyl (C=O) groups excluding carboxylic acids is 3. The van der Waals surface area contributed by atoms with Gasteiger partial charge in [-0.1, -0.05) is 44.7 Å². The number of thiazole rings is 1. The van der Waals surface area contributed by atoms with Gasteiger partial charge in [-0.15, -0.1) is 11.3 Å². The van der Waals surface area contributed by atoms with Crippen LogP contribution in [0.3, 0.4) is 0 Å². The van der Waals surface area contributed by atoms with Crippen molar-refractivity contribution < 1.29 is 18.8 Å². The van der Waals surface area contributed by atoms with Crippen molar-refractivity contribution in [3.8, 4) is 0 Å². The Morgan fingerprint density at radius 1 is 1.05 bits per heavy atom. The molecule has 2 aromatic heterocycles. The molecule has 0 saturated heterocycles. The Morgan fingerprint density at radius 2 is 1.82 bits per heavy atom. The number of fused-ring (bicyclic) bond motifs is 2. The van der Waals surface area contributed by atoms with Crippen molar-refractivity contribution in [2.45, 2.75) is 54.9 Å². The summed E-state index contributed by atoms with van der Waals surface area (Å²) in [6, 6.07) is 15.8. The summed E-state index contributed by atoms with van der Waals surface area (Å²) in [5.74, 6) is -0.229. The van der Waals surface area contributed by atoms with E-state index in [1.807, 2.05) is 18.2 Å². The molecular formula is C28H26N4O4S2. The second kappa shape index (κ2) is 11.7. The van der Waals surface area contributed by atoms with Gasteiger partial charge in [-0.3, -0.25) is 14.4 Å². The van der Waals surface area contributed by atoms with E-state index in [0.29, 0.717) is 34.1 Å². The van der Waals surface area contributed by atoms with Crippen molar-refractivity contribution in [1.82, 2.24) is 10.4 Å². The molecule has 0 unspecified atom stereocenters. The maximum atomic E-state index is 12.8. The number of hydrogen-bond acceptors (Lipinski definition) is 8. The molecule has 0 fully saturated rings. The van der Waals surface area contributed by atoms with Crippen molar-refractivity contribution in [3.63, 3.8) is 0 Å². The number of hydrazone groups is 1. The van der Waals surface area contributed by atoms with E-state index in [-0.39, 0.29) is 17.7 Å². The first-order valence-corrected chi connectivity index (χ1v) is 14.1. The normalized spacial score (nSPS) is 13.1. The number of nitrogens with one attached hydrogen (secondary N) is 1. The molecule has 3 amide bonds. The van der Waals surface area contributed by atoms with Crippen molar-refractivity contribution in [1.29, 1.82) is 0 Å². The molecule has 4 aromatic rings. The zero-order valence-corrected chi connectivity index (χ0v) is 22.4. The van der Waals surface area contributed by atoms with Gasteiger partial charge in [0.2, 0.25) is 5.91 Å². The van der Waals surface area contributed by atoms with Crippen LogP contribution < -0.4 is 10.3 Å². The third kappa shape index (κ3) is 5.71. The average molecular weight is 547 g/mol. The van der Waals surface area contributed by atoms with Gasteiger partial charge in [-0.05, 0) is 60.6 Å². The second-order valence-electron chi connectivity index (χ2n) is 8.84. The van der Waals surface area contributed by atoms with Crippen molar-refractivity contribution in [3.05, 3.63) is 71.5 Å². The zero-order valence-electron chi connectivity index (χ0n) is 20.8. The highest BCUT2D eigenvalue weighted by Gasteiger charge is 2.36. The van der Waals surface area contributed by atoms with Crippen LogP contribution in [0.25, 0.3) is 10.2 Å². The Balaban J connectivity index is 1.19. The van der Waals surface area contributed by atoms with Gasteiger partial charge in [0.25, 0.3) is 11.8 Å². The summed E-state index contributed by atoms with van der Waals surface area (Å²) in [7, 11) is 0. The van der Waals surface area contributed by atoms with E-state index in [9.17, 15) is 14.4 Å². The first kappa shape index (κ1) is 25.9. The molecule has 3 heterocycles. The molecule has 10 heteroatoms. The smallest absolute Gasteiger partial charge is 0.266 e. The largest absolute Gasteiger partial charge is 0.448 e. The molecule has 1 N–H and O–H groups in total. The minimum atomic E-state index is -0.322. The summed E-state index contributed by atoms with van der Waals surface area (Å²) >= 11 is 2.81. The highest BCUT2D eigenvalue weighted by molar-refractivity contribution is 8.01. The number of aromatic nitrogens is 1. The first-order valence-electron chi connectivity index (χ1n) is 12.5. The molecule has 2 aromatic carbocycles. The van der Waals surface area contributed by atoms with Crippen LogP contribution in [0.5, 0.6) is 0 Å². The van der Waals surface area contributed by atoms with Gasteiger partial charge in [-0.2, -0.15) is 5.10 Å². The minimum Gasteiger partial charge on any atom is -0.448 e. The van der Waals surface area contributed by atoms with Gasteiger partial charge < -0.3 is 4.42 Å². The Bertz CT molecular complexity index is 1490. The summed E-state index contributed by atoms with van der Waals surface area (Å²) in [4.78, 5) is 43.4. The number of unbranched alkanes of at least 4 members (excludes halogenated alkanes) is 4.